The van der Waals surface area contributed by atoms with Crippen molar-refractivity contribution in [2.75, 3.05) is 12.4 Å². The molecule has 2 aromatic rings. The van der Waals surface area contributed by atoms with E-state index in [4.69, 9.17) is 27.9 Å². The van der Waals surface area contributed by atoms with Gasteiger partial charge < -0.3 is 15.2 Å². The molecule has 1 aromatic heterocycles. The third-order valence-corrected chi connectivity index (χ3v) is 3.06. The lowest BCUT2D eigenvalue weighted by Crippen LogP contribution is -2.13. The van der Waals surface area contributed by atoms with Gasteiger partial charge in [-0.25, -0.2) is 4.98 Å². The van der Waals surface area contributed by atoms with Gasteiger partial charge in [0.1, 0.15) is 5.56 Å². The fourth-order valence-electron chi connectivity index (χ4n) is 1.56. The van der Waals surface area contributed by atoms with Crippen LogP contribution in [0.2, 0.25) is 10.0 Å². The third kappa shape index (κ3) is 2.95. The summed E-state index contributed by atoms with van der Waals surface area (Å²) in [7, 11) is 1.42. The zero-order valence-electron chi connectivity index (χ0n) is 10.4. The first kappa shape index (κ1) is 14.4. The summed E-state index contributed by atoms with van der Waals surface area (Å²) in [6, 6.07) is 5.98. The Hall–Kier alpha value is -1.98. The molecule has 1 amide bonds. The molecule has 2 rings (SSSR count). The van der Waals surface area contributed by atoms with Crippen molar-refractivity contribution in [2.24, 2.45) is 0 Å². The molecule has 1 aromatic carbocycles. The average molecular weight is 313 g/mol. The van der Waals surface area contributed by atoms with E-state index in [1.807, 2.05) is 0 Å². The number of nitrogens with zero attached hydrogens (tertiary/aromatic N) is 1. The predicted molar refractivity (Wildman–Crippen MR) is 76.9 cm³/mol. The Morgan fingerprint density at radius 3 is 2.60 bits per heavy atom. The number of aromatic nitrogens is 1. The maximum absolute atomic E-state index is 12.1. The van der Waals surface area contributed by atoms with Crippen molar-refractivity contribution in [3.05, 3.63) is 46.1 Å². The van der Waals surface area contributed by atoms with Crippen LogP contribution in [0.1, 0.15) is 10.4 Å². The largest absolute Gasteiger partial charge is 0.505 e. The van der Waals surface area contributed by atoms with Crippen LogP contribution in [0, 0.1) is 0 Å². The normalized spacial score (nSPS) is 10.2. The maximum Gasteiger partial charge on any atom is 0.261 e. The number of anilines is 1. The first-order valence-corrected chi connectivity index (χ1v) is 6.27. The van der Waals surface area contributed by atoms with Gasteiger partial charge in [-0.1, -0.05) is 23.2 Å². The second kappa shape index (κ2) is 5.98. The van der Waals surface area contributed by atoms with Gasteiger partial charge >= 0.3 is 0 Å². The van der Waals surface area contributed by atoms with Crippen molar-refractivity contribution in [3.8, 4) is 11.6 Å². The Labute approximate surface area is 125 Å². The van der Waals surface area contributed by atoms with Gasteiger partial charge in [0.05, 0.1) is 17.2 Å². The highest BCUT2D eigenvalue weighted by molar-refractivity contribution is 6.37. The molecular weight excluding hydrogens is 303 g/mol. The molecule has 104 valence electrons. The highest BCUT2D eigenvalue weighted by atomic mass is 35.5. The van der Waals surface area contributed by atoms with Gasteiger partial charge in [-0.05, 0) is 24.3 Å². The van der Waals surface area contributed by atoms with E-state index in [9.17, 15) is 9.90 Å². The molecule has 0 spiro atoms. The van der Waals surface area contributed by atoms with Crippen molar-refractivity contribution in [1.82, 2.24) is 4.98 Å². The number of phenolic OH excluding ortho intramolecular Hbond substituents is 1. The number of hydrogen-bond donors (Lipinski definition) is 2. The van der Waals surface area contributed by atoms with Gasteiger partial charge in [0, 0.05) is 11.9 Å². The second-order valence-electron chi connectivity index (χ2n) is 3.80. The topological polar surface area (TPSA) is 71.5 Å². The summed E-state index contributed by atoms with van der Waals surface area (Å²) in [5.74, 6) is -0.445. The highest BCUT2D eigenvalue weighted by Gasteiger charge is 2.14. The number of carbonyl (C=O) groups excluding carboxylic acids is 1. The van der Waals surface area contributed by atoms with Crippen LogP contribution < -0.4 is 10.1 Å². The molecule has 20 heavy (non-hydrogen) atoms. The van der Waals surface area contributed by atoms with Crippen LogP contribution in [0.15, 0.2) is 30.5 Å². The Morgan fingerprint density at radius 1 is 1.35 bits per heavy atom. The third-order valence-electron chi connectivity index (χ3n) is 2.48. The molecule has 0 fully saturated rings. The highest BCUT2D eigenvalue weighted by Crippen LogP contribution is 2.34. The van der Waals surface area contributed by atoms with Crippen LogP contribution in [-0.4, -0.2) is 23.1 Å². The average Bonchev–Trinajstić information content (AvgIpc) is 2.44. The lowest BCUT2D eigenvalue weighted by molar-refractivity contribution is 0.102. The predicted octanol–water partition coefficient (Wildman–Crippen LogP) is 3.35. The molecule has 7 heteroatoms. The van der Waals surface area contributed by atoms with E-state index >= 15 is 0 Å². The van der Waals surface area contributed by atoms with E-state index in [1.165, 1.54) is 25.4 Å². The van der Waals surface area contributed by atoms with E-state index in [-0.39, 0.29) is 27.2 Å². The van der Waals surface area contributed by atoms with Crippen LogP contribution in [0.5, 0.6) is 11.6 Å². The van der Waals surface area contributed by atoms with E-state index < -0.39 is 5.91 Å². The van der Waals surface area contributed by atoms with Crippen LogP contribution in [0.25, 0.3) is 0 Å². The minimum atomic E-state index is -0.423. The Kier molecular flexibility index (Phi) is 4.32. The Morgan fingerprint density at radius 2 is 2.00 bits per heavy atom. The van der Waals surface area contributed by atoms with Gasteiger partial charge in [0.2, 0.25) is 5.88 Å². The van der Waals surface area contributed by atoms with Crippen LogP contribution in [0.4, 0.5) is 5.69 Å². The first-order valence-electron chi connectivity index (χ1n) is 5.51. The SMILES string of the molecule is COc1ncccc1C(=O)Nc1cc(Cl)c(O)c(Cl)c1. The quantitative estimate of drug-likeness (QED) is 0.852. The summed E-state index contributed by atoms with van der Waals surface area (Å²) in [6.07, 6.45) is 1.52. The van der Waals surface area contributed by atoms with Crippen molar-refractivity contribution < 1.29 is 14.6 Å². The molecule has 0 aliphatic heterocycles. The zero-order valence-corrected chi connectivity index (χ0v) is 11.9. The molecule has 5 nitrogen and oxygen atoms in total. The molecule has 0 saturated heterocycles. The molecule has 0 aliphatic rings. The fraction of sp³-hybridized carbons (Fsp3) is 0.0769. The standard InChI is InChI=1S/C13H10Cl2N2O3/c1-20-13-8(3-2-4-16-13)12(19)17-7-5-9(14)11(18)10(15)6-7/h2-6,18H,1H3,(H,17,19). The summed E-state index contributed by atoms with van der Waals surface area (Å²) in [5, 5.41) is 12.2. The number of rotatable bonds is 3. The van der Waals surface area contributed by atoms with Crippen molar-refractivity contribution >= 4 is 34.8 Å². The summed E-state index contributed by atoms with van der Waals surface area (Å²) < 4.78 is 5.01. The molecule has 2 N–H and O–H groups in total. The number of halogens is 2. The Bertz CT molecular complexity index is 639. The number of ether oxygens (including phenoxy) is 1. The zero-order chi connectivity index (χ0) is 14.7. The molecule has 0 aliphatic carbocycles. The van der Waals surface area contributed by atoms with Gasteiger partial charge in [-0.3, -0.25) is 4.79 Å². The van der Waals surface area contributed by atoms with E-state index in [2.05, 4.69) is 10.3 Å². The minimum absolute atomic E-state index is 0.0472. The molecule has 0 saturated carbocycles. The molecule has 0 atom stereocenters. The number of amides is 1. The number of hydrogen-bond acceptors (Lipinski definition) is 4. The van der Waals surface area contributed by atoms with Crippen LogP contribution >= 0.6 is 23.2 Å². The van der Waals surface area contributed by atoms with Crippen molar-refractivity contribution in [3.63, 3.8) is 0 Å². The number of methoxy groups -OCH3 is 1. The van der Waals surface area contributed by atoms with E-state index in [0.717, 1.165) is 0 Å². The second-order valence-corrected chi connectivity index (χ2v) is 4.62. The summed E-state index contributed by atoms with van der Waals surface area (Å²) in [4.78, 5) is 16.1. The number of aromatic hydroxyl groups is 1. The van der Waals surface area contributed by atoms with Gasteiger partial charge in [-0.2, -0.15) is 0 Å². The number of carbonyl (C=O) groups is 1. The number of nitrogens with one attached hydrogen (secondary N) is 1. The molecule has 0 unspecified atom stereocenters. The minimum Gasteiger partial charge on any atom is -0.505 e. The van der Waals surface area contributed by atoms with Crippen molar-refractivity contribution in [2.45, 2.75) is 0 Å². The summed E-state index contributed by atoms with van der Waals surface area (Å²) >= 11 is 11.6. The monoisotopic (exact) mass is 312 g/mol. The van der Waals surface area contributed by atoms with Gasteiger partial charge in [0.25, 0.3) is 5.91 Å². The maximum atomic E-state index is 12.1. The molecule has 1 heterocycles. The lowest BCUT2D eigenvalue weighted by atomic mass is 10.2. The molecule has 0 radical (unpaired) electrons. The fourth-order valence-corrected chi connectivity index (χ4v) is 2.05. The van der Waals surface area contributed by atoms with Crippen LogP contribution in [0.3, 0.4) is 0 Å². The number of phenols is 1. The number of benzene rings is 1. The summed E-state index contributed by atoms with van der Waals surface area (Å²) in [5.41, 5.74) is 0.629. The molecule has 0 bridgehead atoms. The van der Waals surface area contributed by atoms with Crippen LogP contribution in [-0.2, 0) is 0 Å². The number of pyridine rings is 1. The van der Waals surface area contributed by atoms with E-state index in [0.29, 0.717) is 5.69 Å². The van der Waals surface area contributed by atoms with E-state index in [1.54, 1.807) is 12.1 Å². The molecular formula is C13H10Cl2N2O3. The summed E-state index contributed by atoms with van der Waals surface area (Å²) in [6.45, 7) is 0. The van der Waals surface area contributed by atoms with Crippen molar-refractivity contribution in [1.29, 1.82) is 0 Å². The Balaban J connectivity index is 2.28. The van der Waals surface area contributed by atoms with Gasteiger partial charge in [0.15, 0.2) is 5.75 Å². The smallest absolute Gasteiger partial charge is 0.261 e. The lowest BCUT2D eigenvalue weighted by Gasteiger charge is -2.09. The first-order chi connectivity index (χ1) is 9.52. The van der Waals surface area contributed by atoms with Gasteiger partial charge in [-0.15, -0.1) is 0 Å².